The maximum Gasteiger partial charge on any atom is 0.150 e. The number of aliphatic hydroxyl groups is 1. The van der Waals surface area contributed by atoms with Crippen LogP contribution >= 0.6 is 0 Å². The SMILES string of the molecule is C=CCOCCOc1ccc(C=O)cc1.CC(C)O. The Morgan fingerprint density at radius 1 is 1.26 bits per heavy atom. The van der Waals surface area contributed by atoms with Crippen molar-refractivity contribution in [3.8, 4) is 5.75 Å². The summed E-state index contributed by atoms with van der Waals surface area (Å²) >= 11 is 0. The van der Waals surface area contributed by atoms with Crippen LogP contribution in [-0.4, -0.2) is 37.3 Å². The van der Waals surface area contributed by atoms with E-state index >= 15 is 0 Å². The van der Waals surface area contributed by atoms with E-state index in [0.29, 0.717) is 25.4 Å². The first kappa shape index (κ1) is 17.4. The van der Waals surface area contributed by atoms with Crippen molar-refractivity contribution < 1.29 is 19.4 Å². The van der Waals surface area contributed by atoms with E-state index in [4.69, 9.17) is 14.6 Å². The summed E-state index contributed by atoms with van der Waals surface area (Å²) in [7, 11) is 0. The largest absolute Gasteiger partial charge is 0.491 e. The summed E-state index contributed by atoms with van der Waals surface area (Å²) in [6, 6.07) is 6.95. The van der Waals surface area contributed by atoms with E-state index in [1.54, 1.807) is 44.2 Å². The fraction of sp³-hybridized carbons (Fsp3) is 0.400. The third-order valence-corrected chi connectivity index (χ3v) is 1.75. The predicted molar refractivity (Wildman–Crippen MR) is 75.7 cm³/mol. The summed E-state index contributed by atoms with van der Waals surface area (Å²) in [5.74, 6) is 0.739. The molecule has 19 heavy (non-hydrogen) atoms. The summed E-state index contributed by atoms with van der Waals surface area (Å²) in [5, 5.41) is 8.06. The zero-order valence-corrected chi connectivity index (χ0v) is 11.5. The van der Waals surface area contributed by atoms with Gasteiger partial charge in [0.25, 0.3) is 0 Å². The zero-order valence-electron chi connectivity index (χ0n) is 11.5. The Bertz CT molecular complexity index is 341. The second-order valence-electron chi connectivity index (χ2n) is 3.99. The fourth-order valence-electron chi connectivity index (χ4n) is 1.03. The summed E-state index contributed by atoms with van der Waals surface area (Å²) in [6.45, 7) is 8.54. The number of hydrogen-bond acceptors (Lipinski definition) is 4. The molecule has 0 saturated carbocycles. The van der Waals surface area contributed by atoms with Gasteiger partial charge in [-0.1, -0.05) is 6.08 Å². The third-order valence-electron chi connectivity index (χ3n) is 1.75. The quantitative estimate of drug-likeness (QED) is 0.468. The molecule has 0 saturated heterocycles. The van der Waals surface area contributed by atoms with Gasteiger partial charge in [0.05, 0.1) is 13.2 Å². The summed E-state index contributed by atoms with van der Waals surface area (Å²) in [6.07, 6.45) is 2.33. The number of carbonyl (C=O) groups excluding carboxylic acids is 1. The minimum Gasteiger partial charge on any atom is -0.491 e. The van der Waals surface area contributed by atoms with E-state index in [2.05, 4.69) is 6.58 Å². The van der Waals surface area contributed by atoms with Crippen molar-refractivity contribution in [2.75, 3.05) is 19.8 Å². The second kappa shape index (κ2) is 11.4. The molecule has 0 aromatic heterocycles. The molecular weight excluding hydrogens is 244 g/mol. The molecule has 0 aliphatic carbocycles. The Balaban J connectivity index is 0.000000711. The maximum absolute atomic E-state index is 10.4. The highest BCUT2D eigenvalue weighted by Crippen LogP contribution is 2.10. The smallest absolute Gasteiger partial charge is 0.150 e. The molecule has 0 amide bonds. The predicted octanol–water partition coefficient (Wildman–Crippen LogP) is 2.47. The van der Waals surface area contributed by atoms with Crippen molar-refractivity contribution in [2.24, 2.45) is 0 Å². The lowest BCUT2D eigenvalue weighted by Gasteiger charge is -2.05. The molecule has 0 radical (unpaired) electrons. The van der Waals surface area contributed by atoms with E-state index < -0.39 is 0 Å². The Kier molecular flexibility index (Phi) is 10.4. The molecule has 0 aliphatic heterocycles. The number of benzene rings is 1. The van der Waals surface area contributed by atoms with Crippen LogP contribution < -0.4 is 4.74 Å². The van der Waals surface area contributed by atoms with Gasteiger partial charge in [0.1, 0.15) is 18.6 Å². The van der Waals surface area contributed by atoms with E-state index in [-0.39, 0.29) is 6.10 Å². The van der Waals surface area contributed by atoms with Crippen molar-refractivity contribution in [1.29, 1.82) is 0 Å². The number of carbonyl (C=O) groups is 1. The van der Waals surface area contributed by atoms with Crippen LogP contribution in [0, 0.1) is 0 Å². The highest BCUT2D eigenvalue weighted by molar-refractivity contribution is 5.74. The molecule has 0 unspecified atom stereocenters. The van der Waals surface area contributed by atoms with Crippen molar-refractivity contribution in [3.63, 3.8) is 0 Å². The molecule has 1 aromatic rings. The van der Waals surface area contributed by atoms with Crippen LogP contribution in [0.25, 0.3) is 0 Å². The third kappa shape index (κ3) is 11.2. The van der Waals surface area contributed by atoms with Gasteiger partial charge in [-0.3, -0.25) is 4.79 Å². The van der Waals surface area contributed by atoms with Crippen LogP contribution in [0.1, 0.15) is 24.2 Å². The van der Waals surface area contributed by atoms with Crippen molar-refractivity contribution in [1.82, 2.24) is 0 Å². The molecule has 0 atom stereocenters. The first-order chi connectivity index (χ1) is 9.10. The molecule has 4 nitrogen and oxygen atoms in total. The van der Waals surface area contributed by atoms with Crippen molar-refractivity contribution in [2.45, 2.75) is 20.0 Å². The minimum absolute atomic E-state index is 0.167. The van der Waals surface area contributed by atoms with Crippen molar-refractivity contribution >= 4 is 6.29 Å². The van der Waals surface area contributed by atoms with E-state index in [1.165, 1.54) is 0 Å². The first-order valence-electron chi connectivity index (χ1n) is 6.15. The second-order valence-corrected chi connectivity index (χ2v) is 3.99. The van der Waals surface area contributed by atoms with Gasteiger partial charge < -0.3 is 14.6 Å². The Hall–Kier alpha value is -1.65. The van der Waals surface area contributed by atoms with Gasteiger partial charge >= 0.3 is 0 Å². The summed E-state index contributed by atoms with van der Waals surface area (Å²) < 4.78 is 10.5. The van der Waals surface area contributed by atoms with Crippen LogP contribution in [0.15, 0.2) is 36.9 Å². The van der Waals surface area contributed by atoms with Gasteiger partial charge in [-0.2, -0.15) is 0 Å². The van der Waals surface area contributed by atoms with E-state index in [9.17, 15) is 4.79 Å². The number of hydrogen-bond donors (Lipinski definition) is 1. The zero-order chi connectivity index (χ0) is 14.5. The molecule has 0 spiro atoms. The number of ether oxygens (including phenoxy) is 2. The van der Waals surface area contributed by atoms with Crippen LogP contribution in [-0.2, 0) is 4.74 Å². The molecule has 0 heterocycles. The lowest BCUT2D eigenvalue weighted by Crippen LogP contribution is -2.06. The molecule has 1 aromatic carbocycles. The van der Waals surface area contributed by atoms with Crippen LogP contribution in [0.3, 0.4) is 0 Å². The van der Waals surface area contributed by atoms with E-state index in [0.717, 1.165) is 12.0 Å². The molecule has 0 aliphatic rings. The Labute approximate surface area is 114 Å². The lowest BCUT2D eigenvalue weighted by molar-refractivity contribution is 0.112. The van der Waals surface area contributed by atoms with Crippen LogP contribution in [0.4, 0.5) is 0 Å². The minimum atomic E-state index is -0.167. The van der Waals surface area contributed by atoms with Crippen molar-refractivity contribution in [3.05, 3.63) is 42.5 Å². The lowest BCUT2D eigenvalue weighted by atomic mass is 10.2. The van der Waals surface area contributed by atoms with Gasteiger partial charge in [-0.15, -0.1) is 6.58 Å². The average molecular weight is 266 g/mol. The topological polar surface area (TPSA) is 55.8 Å². The highest BCUT2D eigenvalue weighted by Gasteiger charge is 1.94. The van der Waals surface area contributed by atoms with E-state index in [1.807, 2.05) is 0 Å². The van der Waals surface area contributed by atoms with Gasteiger partial charge in [0.2, 0.25) is 0 Å². The highest BCUT2D eigenvalue weighted by atomic mass is 16.5. The van der Waals surface area contributed by atoms with Gasteiger partial charge in [0.15, 0.2) is 0 Å². The van der Waals surface area contributed by atoms with Crippen LogP contribution in [0.2, 0.25) is 0 Å². The molecule has 1 N–H and O–H groups in total. The molecular formula is C15H22O4. The van der Waals surface area contributed by atoms with Gasteiger partial charge in [-0.05, 0) is 38.1 Å². The summed E-state index contributed by atoms with van der Waals surface area (Å²) in [4.78, 5) is 10.4. The fourth-order valence-corrected chi connectivity index (χ4v) is 1.03. The standard InChI is InChI=1S/C12H14O3.C3H8O/c1-2-7-14-8-9-15-12-5-3-11(10-13)4-6-12;1-3(2)4/h2-6,10H,1,7-9H2;3-4H,1-2H3. The average Bonchev–Trinajstić information content (AvgIpc) is 2.38. The molecule has 0 fully saturated rings. The number of rotatable bonds is 7. The monoisotopic (exact) mass is 266 g/mol. The normalized spacial score (nSPS) is 9.47. The van der Waals surface area contributed by atoms with Gasteiger partial charge in [0, 0.05) is 11.7 Å². The number of aldehydes is 1. The maximum atomic E-state index is 10.4. The Morgan fingerprint density at radius 2 is 1.84 bits per heavy atom. The van der Waals surface area contributed by atoms with Crippen LogP contribution in [0.5, 0.6) is 5.75 Å². The van der Waals surface area contributed by atoms with Gasteiger partial charge in [-0.25, -0.2) is 0 Å². The molecule has 1 rings (SSSR count). The first-order valence-corrected chi connectivity index (χ1v) is 6.15. The summed E-state index contributed by atoms with van der Waals surface area (Å²) in [5.41, 5.74) is 0.644. The Morgan fingerprint density at radius 3 is 2.32 bits per heavy atom. The molecule has 106 valence electrons. The molecule has 0 bridgehead atoms. The molecule has 4 heteroatoms. The number of aliphatic hydroxyl groups excluding tert-OH is 1.